The lowest BCUT2D eigenvalue weighted by atomic mass is 9.71. The van der Waals surface area contributed by atoms with E-state index in [0.29, 0.717) is 12.0 Å². The van der Waals surface area contributed by atoms with E-state index in [9.17, 15) is 9.59 Å². The summed E-state index contributed by atoms with van der Waals surface area (Å²) in [5.41, 5.74) is 3.40. The van der Waals surface area contributed by atoms with Gasteiger partial charge in [0.15, 0.2) is 11.9 Å². The largest absolute Gasteiger partial charge is 0.454 e. The standard InChI is InChI=1S/C22H30O4/c1-15(8-7-9-16(2)12-13-23)10-11-19-17(3)21(25)20(26-18(4)24)14-22(19,5)6/h7-12,20,23H,13-14H2,1-6H3. The van der Waals surface area contributed by atoms with Crippen LogP contribution in [0.3, 0.4) is 0 Å². The molecule has 0 saturated heterocycles. The lowest BCUT2D eigenvalue weighted by molar-refractivity contribution is -0.153. The average molecular weight is 358 g/mol. The number of allylic oxidation sites excluding steroid dienone is 8. The number of ketones is 1. The molecule has 0 aromatic carbocycles. The number of hydrogen-bond acceptors (Lipinski definition) is 4. The summed E-state index contributed by atoms with van der Waals surface area (Å²) in [6.07, 6.45) is 11.3. The number of rotatable bonds is 6. The highest BCUT2D eigenvalue weighted by molar-refractivity contribution is 6.01. The second kappa shape index (κ2) is 9.48. The number of aliphatic hydroxyl groups is 1. The first-order valence-corrected chi connectivity index (χ1v) is 8.82. The van der Waals surface area contributed by atoms with Gasteiger partial charge in [-0.2, -0.15) is 0 Å². The van der Waals surface area contributed by atoms with Crippen LogP contribution in [0, 0.1) is 5.41 Å². The fourth-order valence-electron chi connectivity index (χ4n) is 3.03. The van der Waals surface area contributed by atoms with Crippen LogP contribution < -0.4 is 0 Å². The third-order valence-electron chi connectivity index (χ3n) is 4.44. The molecule has 0 bridgehead atoms. The van der Waals surface area contributed by atoms with Crippen LogP contribution in [0.25, 0.3) is 0 Å². The van der Waals surface area contributed by atoms with Gasteiger partial charge >= 0.3 is 5.97 Å². The number of ether oxygens (including phenoxy) is 1. The van der Waals surface area contributed by atoms with Gasteiger partial charge in [-0.15, -0.1) is 0 Å². The molecule has 0 fully saturated rings. The van der Waals surface area contributed by atoms with Crippen molar-refractivity contribution < 1.29 is 19.4 Å². The predicted molar refractivity (Wildman–Crippen MR) is 105 cm³/mol. The first kappa shape index (κ1) is 21.8. The molecule has 142 valence electrons. The second-order valence-electron chi connectivity index (χ2n) is 7.32. The topological polar surface area (TPSA) is 63.6 Å². The number of carbonyl (C=O) groups excluding carboxylic acids is 2. The van der Waals surface area contributed by atoms with Gasteiger partial charge in [-0.1, -0.05) is 61.4 Å². The van der Waals surface area contributed by atoms with Crippen molar-refractivity contribution in [3.8, 4) is 0 Å². The summed E-state index contributed by atoms with van der Waals surface area (Å²) in [5.74, 6) is -0.549. The Hall–Kier alpha value is -2.20. The van der Waals surface area contributed by atoms with Gasteiger partial charge in [0.25, 0.3) is 0 Å². The smallest absolute Gasteiger partial charge is 0.303 e. The van der Waals surface area contributed by atoms with Gasteiger partial charge in [0.1, 0.15) is 0 Å². The fourth-order valence-corrected chi connectivity index (χ4v) is 3.03. The zero-order valence-electron chi connectivity index (χ0n) is 16.6. The molecule has 0 saturated carbocycles. The van der Waals surface area contributed by atoms with E-state index >= 15 is 0 Å². The Morgan fingerprint density at radius 1 is 1.23 bits per heavy atom. The van der Waals surface area contributed by atoms with Gasteiger partial charge in [-0.25, -0.2) is 0 Å². The average Bonchev–Trinajstić information content (AvgIpc) is 2.51. The number of hydrogen-bond donors (Lipinski definition) is 1. The van der Waals surface area contributed by atoms with E-state index in [-0.39, 0.29) is 17.8 Å². The predicted octanol–water partition coefficient (Wildman–Crippen LogP) is 4.23. The van der Waals surface area contributed by atoms with E-state index in [1.807, 2.05) is 44.2 Å². The second-order valence-corrected chi connectivity index (χ2v) is 7.32. The van der Waals surface area contributed by atoms with Crippen LogP contribution in [-0.4, -0.2) is 29.6 Å². The van der Waals surface area contributed by atoms with Gasteiger partial charge < -0.3 is 9.84 Å². The molecule has 1 aliphatic rings. The Morgan fingerprint density at radius 2 is 1.88 bits per heavy atom. The lowest BCUT2D eigenvalue weighted by Gasteiger charge is -2.36. The van der Waals surface area contributed by atoms with Gasteiger partial charge in [0.2, 0.25) is 0 Å². The third-order valence-corrected chi connectivity index (χ3v) is 4.44. The Morgan fingerprint density at radius 3 is 2.46 bits per heavy atom. The highest BCUT2D eigenvalue weighted by atomic mass is 16.5. The van der Waals surface area contributed by atoms with Crippen LogP contribution in [0.5, 0.6) is 0 Å². The van der Waals surface area contributed by atoms with E-state index in [2.05, 4.69) is 13.8 Å². The van der Waals surface area contributed by atoms with Gasteiger partial charge in [-0.05, 0) is 37.3 Å². The zero-order valence-corrected chi connectivity index (χ0v) is 16.6. The fraction of sp³-hybridized carbons (Fsp3) is 0.455. The highest BCUT2D eigenvalue weighted by Gasteiger charge is 2.39. The summed E-state index contributed by atoms with van der Waals surface area (Å²) in [6.45, 7) is 11.2. The SMILES string of the molecule is CC(=O)OC1CC(C)(C)C(C=CC(C)=CC=CC(C)=CCO)=C(C)C1=O. The van der Waals surface area contributed by atoms with Crippen LogP contribution in [0.15, 0.2) is 58.7 Å². The summed E-state index contributed by atoms with van der Waals surface area (Å²) in [4.78, 5) is 23.7. The molecule has 1 rings (SSSR count). The highest BCUT2D eigenvalue weighted by Crippen LogP contribution is 2.40. The number of Topliss-reactive ketones (excluding diaryl/α,β-unsaturated/α-hetero) is 1. The first-order valence-electron chi connectivity index (χ1n) is 8.82. The van der Waals surface area contributed by atoms with Crippen molar-refractivity contribution in [3.63, 3.8) is 0 Å². The summed E-state index contributed by atoms with van der Waals surface area (Å²) < 4.78 is 5.19. The molecule has 1 N–H and O–H groups in total. The van der Waals surface area contributed by atoms with Crippen LogP contribution in [0.2, 0.25) is 0 Å². The van der Waals surface area contributed by atoms with E-state index in [1.165, 1.54) is 6.92 Å². The minimum Gasteiger partial charge on any atom is -0.454 e. The molecule has 0 amide bonds. The molecule has 26 heavy (non-hydrogen) atoms. The molecule has 1 unspecified atom stereocenters. The molecule has 0 aromatic heterocycles. The maximum atomic E-state index is 12.5. The van der Waals surface area contributed by atoms with E-state index < -0.39 is 12.1 Å². The minimum absolute atomic E-state index is 0.0314. The molecular weight excluding hydrogens is 328 g/mol. The monoisotopic (exact) mass is 358 g/mol. The third kappa shape index (κ3) is 6.26. The molecule has 4 nitrogen and oxygen atoms in total. The van der Waals surface area contributed by atoms with Gasteiger partial charge in [0, 0.05) is 13.3 Å². The Kier molecular flexibility index (Phi) is 7.97. The first-order chi connectivity index (χ1) is 12.1. The molecule has 0 aromatic rings. The quantitative estimate of drug-likeness (QED) is 0.570. The Labute approximate surface area is 156 Å². The number of carbonyl (C=O) groups is 2. The normalized spacial score (nSPS) is 21.8. The Balaban J connectivity index is 3.01. The van der Waals surface area contributed by atoms with Crippen molar-refractivity contribution in [2.45, 2.75) is 54.1 Å². The zero-order chi connectivity index (χ0) is 19.9. The summed E-state index contributed by atoms with van der Waals surface area (Å²) in [6, 6.07) is 0. The van der Waals surface area contributed by atoms with Crippen molar-refractivity contribution in [1.82, 2.24) is 0 Å². The summed E-state index contributed by atoms with van der Waals surface area (Å²) in [7, 11) is 0. The molecule has 0 spiro atoms. The van der Waals surface area contributed by atoms with Crippen molar-refractivity contribution >= 4 is 11.8 Å². The van der Waals surface area contributed by atoms with Crippen molar-refractivity contribution in [2.75, 3.05) is 6.61 Å². The van der Waals surface area contributed by atoms with E-state index in [4.69, 9.17) is 9.84 Å². The van der Waals surface area contributed by atoms with Crippen LogP contribution in [-0.2, 0) is 14.3 Å². The molecule has 1 aliphatic carbocycles. The van der Waals surface area contributed by atoms with Gasteiger partial charge in [-0.3, -0.25) is 9.59 Å². The molecule has 0 radical (unpaired) electrons. The number of aliphatic hydroxyl groups excluding tert-OH is 1. The lowest BCUT2D eigenvalue weighted by Crippen LogP contribution is -2.38. The van der Waals surface area contributed by atoms with Crippen molar-refractivity contribution in [2.24, 2.45) is 5.41 Å². The minimum atomic E-state index is -0.694. The maximum absolute atomic E-state index is 12.5. The molecule has 1 atom stereocenters. The number of esters is 1. The summed E-state index contributed by atoms with van der Waals surface area (Å²) in [5, 5.41) is 8.84. The van der Waals surface area contributed by atoms with Crippen LogP contribution in [0.1, 0.15) is 48.0 Å². The van der Waals surface area contributed by atoms with Crippen molar-refractivity contribution in [1.29, 1.82) is 0 Å². The van der Waals surface area contributed by atoms with Crippen LogP contribution in [0.4, 0.5) is 0 Å². The van der Waals surface area contributed by atoms with E-state index in [1.54, 1.807) is 13.0 Å². The van der Waals surface area contributed by atoms with E-state index in [0.717, 1.165) is 16.7 Å². The molecular formula is C22H30O4. The van der Waals surface area contributed by atoms with Gasteiger partial charge in [0.05, 0.1) is 6.61 Å². The van der Waals surface area contributed by atoms with Crippen molar-refractivity contribution in [3.05, 3.63) is 58.7 Å². The summed E-state index contributed by atoms with van der Waals surface area (Å²) >= 11 is 0. The molecule has 0 heterocycles. The van der Waals surface area contributed by atoms with Crippen LogP contribution >= 0.6 is 0 Å². The Bertz CT molecular complexity index is 700. The molecule has 4 heteroatoms. The molecule has 0 aliphatic heterocycles. The maximum Gasteiger partial charge on any atom is 0.303 e.